The molecule has 1 aromatic carbocycles. The number of ether oxygens (including phenoxy) is 1. The number of epoxide rings is 1. The second-order valence-corrected chi connectivity index (χ2v) is 3.84. The average Bonchev–Trinajstić information content (AvgIpc) is 2.74. The molecule has 3 nitrogen and oxygen atoms in total. The van der Waals surface area contributed by atoms with Crippen molar-refractivity contribution in [1.82, 2.24) is 0 Å². The molecule has 2 rings (SSSR count). The van der Waals surface area contributed by atoms with Crippen molar-refractivity contribution < 1.29 is 14.6 Å². The van der Waals surface area contributed by atoms with Crippen LogP contribution in [0.4, 0.5) is 0 Å². The standard InChI is InChI=1S/C11H12O3/c1-10(8-6-4-3-5-7-8)11(2,14-10)9(12)13/h3-7H,1-2H3,(H,12,13). The number of carboxylic acid groups (broad SMARTS) is 1. The van der Waals surface area contributed by atoms with Crippen LogP contribution < -0.4 is 0 Å². The van der Waals surface area contributed by atoms with Gasteiger partial charge in [-0.05, 0) is 19.4 Å². The van der Waals surface area contributed by atoms with E-state index in [1.807, 2.05) is 30.3 Å². The van der Waals surface area contributed by atoms with Gasteiger partial charge in [0.1, 0.15) is 5.60 Å². The summed E-state index contributed by atoms with van der Waals surface area (Å²) >= 11 is 0. The van der Waals surface area contributed by atoms with Crippen LogP contribution in [-0.4, -0.2) is 16.7 Å². The van der Waals surface area contributed by atoms with E-state index in [-0.39, 0.29) is 0 Å². The molecule has 1 aliphatic heterocycles. The van der Waals surface area contributed by atoms with Gasteiger partial charge < -0.3 is 9.84 Å². The number of carbonyl (C=O) groups is 1. The van der Waals surface area contributed by atoms with E-state index in [0.717, 1.165) is 5.56 Å². The smallest absolute Gasteiger partial charge is 0.339 e. The highest BCUT2D eigenvalue weighted by Crippen LogP contribution is 2.55. The van der Waals surface area contributed by atoms with Gasteiger partial charge in [-0.15, -0.1) is 0 Å². The lowest BCUT2D eigenvalue weighted by molar-refractivity contribution is -0.142. The molecule has 1 aromatic rings. The van der Waals surface area contributed by atoms with Gasteiger partial charge in [0.25, 0.3) is 0 Å². The lowest BCUT2D eigenvalue weighted by atomic mass is 9.89. The molecule has 2 unspecified atom stereocenters. The summed E-state index contributed by atoms with van der Waals surface area (Å²) in [6, 6.07) is 9.42. The van der Waals surface area contributed by atoms with Crippen LogP contribution in [-0.2, 0) is 15.1 Å². The molecule has 2 atom stereocenters. The number of benzene rings is 1. The second-order valence-electron chi connectivity index (χ2n) is 3.84. The van der Waals surface area contributed by atoms with Crippen LogP contribution in [0, 0.1) is 0 Å². The highest BCUT2D eigenvalue weighted by molar-refractivity contribution is 5.82. The van der Waals surface area contributed by atoms with Crippen molar-refractivity contribution in [1.29, 1.82) is 0 Å². The quantitative estimate of drug-likeness (QED) is 0.726. The van der Waals surface area contributed by atoms with E-state index < -0.39 is 17.2 Å². The maximum Gasteiger partial charge on any atom is 0.339 e. The fourth-order valence-electron chi connectivity index (χ4n) is 1.72. The lowest BCUT2D eigenvalue weighted by Crippen LogP contribution is -2.27. The molecule has 1 fully saturated rings. The topological polar surface area (TPSA) is 49.8 Å². The molecular weight excluding hydrogens is 180 g/mol. The third-order valence-electron chi connectivity index (χ3n) is 3.01. The van der Waals surface area contributed by atoms with Crippen molar-refractivity contribution in [3.8, 4) is 0 Å². The third kappa shape index (κ3) is 0.990. The molecule has 1 aliphatic rings. The summed E-state index contributed by atoms with van der Waals surface area (Å²) in [5.41, 5.74) is -0.848. The molecular formula is C11H12O3. The minimum absolute atomic E-state index is 0.680. The van der Waals surface area contributed by atoms with Gasteiger partial charge in [-0.25, -0.2) is 4.79 Å². The van der Waals surface area contributed by atoms with Crippen LogP contribution in [0.3, 0.4) is 0 Å². The maximum atomic E-state index is 10.9. The monoisotopic (exact) mass is 192 g/mol. The van der Waals surface area contributed by atoms with Crippen molar-refractivity contribution in [2.75, 3.05) is 0 Å². The summed E-state index contributed by atoms with van der Waals surface area (Å²) in [6.45, 7) is 3.40. The van der Waals surface area contributed by atoms with E-state index in [0.29, 0.717) is 0 Å². The fraction of sp³-hybridized carbons (Fsp3) is 0.364. The van der Waals surface area contributed by atoms with Crippen molar-refractivity contribution in [2.45, 2.75) is 25.0 Å². The molecule has 0 spiro atoms. The predicted octanol–water partition coefficient (Wildman–Crippen LogP) is 1.78. The van der Waals surface area contributed by atoms with Gasteiger partial charge in [0.15, 0.2) is 5.60 Å². The van der Waals surface area contributed by atoms with Crippen molar-refractivity contribution >= 4 is 5.97 Å². The van der Waals surface area contributed by atoms with Gasteiger partial charge in [0.05, 0.1) is 0 Å². The summed E-state index contributed by atoms with van der Waals surface area (Å²) in [4.78, 5) is 10.9. The largest absolute Gasteiger partial charge is 0.479 e. The van der Waals surface area contributed by atoms with Gasteiger partial charge in [0, 0.05) is 0 Å². The lowest BCUT2D eigenvalue weighted by Gasteiger charge is -2.08. The number of carboxylic acids is 1. The molecule has 0 amide bonds. The first-order valence-corrected chi connectivity index (χ1v) is 4.50. The van der Waals surface area contributed by atoms with Gasteiger partial charge in [0.2, 0.25) is 0 Å². The van der Waals surface area contributed by atoms with E-state index in [2.05, 4.69) is 0 Å². The van der Waals surface area contributed by atoms with E-state index >= 15 is 0 Å². The van der Waals surface area contributed by atoms with Gasteiger partial charge in [-0.3, -0.25) is 0 Å². The van der Waals surface area contributed by atoms with Gasteiger partial charge >= 0.3 is 5.97 Å². The summed E-state index contributed by atoms with van der Waals surface area (Å²) in [5.74, 6) is -0.913. The molecule has 0 bridgehead atoms. The van der Waals surface area contributed by atoms with Gasteiger partial charge in [-0.1, -0.05) is 30.3 Å². The van der Waals surface area contributed by atoms with Gasteiger partial charge in [-0.2, -0.15) is 0 Å². The van der Waals surface area contributed by atoms with E-state index in [1.165, 1.54) is 0 Å². The van der Waals surface area contributed by atoms with Crippen molar-refractivity contribution in [3.63, 3.8) is 0 Å². The Labute approximate surface area is 82.3 Å². The summed E-state index contributed by atoms with van der Waals surface area (Å²) in [7, 11) is 0. The molecule has 14 heavy (non-hydrogen) atoms. The zero-order valence-corrected chi connectivity index (χ0v) is 8.15. The Morgan fingerprint density at radius 3 is 2.29 bits per heavy atom. The summed E-state index contributed by atoms with van der Waals surface area (Å²) in [5, 5.41) is 8.98. The minimum Gasteiger partial charge on any atom is -0.479 e. The molecule has 1 saturated heterocycles. The zero-order valence-electron chi connectivity index (χ0n) is 8.15. The highest BCUT2D eigenvalue weighted by Gasteiger charge is 2.70. The summed E-state index contributed by atoms with van der Waals surface area (Å²) < 4.78 is 5.34. The molecule has 0 aromatic heterocycles. The average molecular weight is 192 g/mol. The zero-order chi connectivity index (χ0) is 10.4. The van der Waals surface area contributed by atoms with Crippen LogP contribution in [0.5, 0.6) is 0 Å². The number of hydrogen-bond donors (Lipinski definition) is 1. The Kier molecular flexibility index (Phi) is 1.70. The van der Waals surface area contributed by atoms with E-state index in [4.69, 9.17) is 9.84 Å². The Hall–Kier alpha value is -1.35. The van der Waals surface area contributed by atoms with E-state index in [1.54, 1.807) is 13.8 Å². The summed E-state index contributed by atoms with van der Waals surface area (Å²) in [6.07, 6.45) is 0. The van der Waals surface area contributed by atoms with Crippen molar-refractivity contribution in [3.05, 3.63) is 35.9 Å². The van der Waals surface area contributed by atoms with Crippen LogP contribution in [0.25, 0.3) is 0 Å². The van der Waals surface area contributed by atoms with Crippen LogP contribution in [0.1, 0.15) is 19.4 Å². The first-order chi connectivity index (χ1) is 6.51. The van der Waals surface area contributed by atoms with Crippen LogP contribution in [0.15, 0.2) is 30.3 Å². The van der Waals surface area contributed by atoms with Crippen molar-refractivity contribution in [2.24, 2.45) is 0 Å². The molecule has 1 heterocycles. The predicted molar refractivity (Wildman–Crippen MR) is 50.9 cm³/mol. The minimum atomic E-state index is -1.08. The maximum absolute atomic E-state index is 10.9. The Balaban J connectivity index is 2.36. The number of rotatable bonds is 2. The SMILES string of the molecule is CC1(C(=O)O)OC1(C)c1ccccc1. The van der Waals surface area contributed by atoms with Crippen LogP contribution in [0.2, 0.25) is 0 Å². The molecule has 3 heteroatoms. The molecule has 0 radical (unpaired) electrons. The molecule has 0 saturated carbocycles. The van der Waals surface area contributed by atoms with Crippen LogP contribution >= 0.6 is 0 Å². The van der Waals surface area contributed by atoms with E-state index in [9.17, 15) is 4.79 Å². The Morgan fingerprint density at radius 2 is 1.86 bits per heavy atom. The molecule has 74 valence electrons. The first kappa shape index (κ1) is 9.21. The Morgan fingerprint density at radius 1 is 1.29 bits per heavy atom. The normalized spacial score (nSPS) is 35.3. The third-order valence-corrected chi connectivity index (χ3v) is 3.01. The second kappa shape index (κ2) is 2.58. The number of aliphatic carboxylic acids is 1. The highest BCUT2D eigenvalue weighted by atomic mass is 16.6. The first-order valence-electron chi connectivity index (χ1n) is 4.50. The Bertz CT molecular complexity index is 373. The molecule has 0 aliphatic carbocycles. The molecule has 1 N–H and O–H groups in total. The fourth-order valence-corrected chi connectivity index (χ4v) is 1.72. The number of hydrogen-bond acceptors (Lipinski definition) is 2.